The summed E-state index contributed by atoms with van der Waals surface area (Å²) >= 11 is 5.44. The van der Waals surface area contributed by atoms with E-state index < -0.39 is 29.5 Å². The summed E-state index contributed by atoms with van der Waals surface area (Å²) in [4.78, 5) is 41.3. The fraction of sp³-hybridized carbons (Fsp3) is 0.571. The fourth-order valence-corrected chi connectivity index (χ4v) is 4.15. The molecule has 2 heterocycles. The summed E-state index contributed by atoms with van der Waals surface area (Å²) in [5.74, 6) is -0.116. The van der Waals surface area contributed by atoms with E-state index in [0.717, 1.165) is 0 Å². The quantitative estimate of drug-likeness (QED) is 0.403. The molecule has 0 radical (unpaired) electrons. The minimum absolute atomic E-state index is 0.116. The number of hydrogen-bond acceptors (Lipinski definition) is 7. The highest BCUT2D eigenvalue weighted by Gasteiger charge is 2.33. The maximum atomic E-state index is 12.7. The minimum Gasteiger partial charge on any atom is -0.464 e. The van der Waals surface area contributed by atoms with E-state index in [2.05, 4.69) is 53.9 Å². The first-order valence-corrected chi connectivity index (χ1v) is 12.3. The second-order valence-corrected chi connectivity index (χ2v) is 11.5. The van der Waals surface area contributed by atoms with Crippen LogP contribution in [0.25, 0.3) is 10.9 Å². The van der Waals surface area contributed by atoms with Crippen molar-refractivity contribution in [2.24, 2.45) is 0 Å². The van der Waals surface area contributed by atoms with Gasteiger partial charge in [0.2, 0.25) is 0 Å². The molecular formula is C21H29BrIN5O6. The molecule has 13 heteroatoms. The van der Waals surface area contributed by atoms with E-state index in [1.54, 1.807) is 46.2 Å². The molecule has 0 aliphatic carbocycles. The number of amides is 3. The molecule has 1 unspecified atom stereocenters. The van der Waals surface area contributed by atoms with Gasteiger partial charge < -0.3 is 19.9 Å². The maximum Gasteiger partial charge on any atom is 0.425 e. The number of carboxylic acid groups (broad SMARTS) is 1. The summed E-state index contributed by atoms with van der Waals surface area (Å²) < 4.78 is 13.2. The third-order valence-corrected chi connectivity index (χ3v) is 5.52. The van der Waals surface area contributed by atoms with E-state index in [0.29, 0.717) is 36.9 Å². The molecule has 0 saturated carbocycles. The van der Waals surface area contributed by atoms with E-state index >= 15 is 0 Å². The highest BCUT2D eigenvalue weighted by molar-refractivity contribution is 14.1. The monoisotopic (exact) mass is 653 g/mol. The Hall–Kier alpha value is -2.16. The van der Waals surface area contributed by atoms with Crippen molar-refractivity contribution in [3.63, 3.8) is 0 Å². The fourth-order valence-electron chi connectivity index (χ4n) is 2.91. The average Bonchev–Trinajstić information content (AvgIpc) is 2.96. The molecule has 2 rings (SSSR count). The minimum atomic E-state index is -1.53. The van der Waals surface area contributed by atoms with E-state index in [4.69, 9.17) is 9.47 Å². The van der Waals surface area contributed by atoms with Crippen LogP contribution in [0.5, 0.6) is 0 Å². The number of nitrogens with one attached hydrogen (secondary N) is 1. The lowest BCUT2D eigenvalue weighted by Crippen LogP contribution is -2.40. The zero-order chi connectivity index (χ0) is 26.0. The van der Waals surface area contributed by atoms with Gasteiger partial charge in [-0.2, -0.15) is 10.00 Å². The summed E-state index contributed by atoms with van der Waals surface area (Å²) in [6.07, 6.45) is -1.12. The molecule has 2 aromatic rings. The average molecular weight is 654 g/mol. The van der Waals surface area contributed by atoms with Gasteiger partial charge in [0.15, 0.2) is 5.82 Å². The Kier molecular flexibility index (Phi) is 8.77. The Morgan fingerprint density at radius 2 is 1.79 bits per heavy atom. The van der Waals surface area contributed by atoms with Crippen molar-refractivity contribution in [3.05, 3.63) is 14.4 Å². The molecule has 0 bridgehead atoms. The standard InChI is InChI=1S/C21H29BrIN5O6/c1-11(25-17(29)33-20(2,3)4)8-9-27-14-12(23)10-24-16(13(14)15(22)26-27)28(18(30)31)19(32)34-21(5,6)7/h10-11H,8-9H2,1-7H3,(H,25,29)(H,30,31). The molecule has 11 nitrogen and oxygen atoms in total. The highest BCUT2D eigenvalue weighted by Crippen LogP contribution is 2.35. The van der Waals surface area contributed by atoms with E-state index in [1.165, 1.54) is 6.20 Å². The van der Waals surface area contributed by atoms with Gasteiger partial charge in [-0.25, -0.2) is 19.4 Å². The molecule has 0 spiro atoms. The molecule has 0 aliphatic heterocycles. The maximum absolute atomic E-state index is 12.7. The molecular weight excluding hydrogens is 625 g/mol. The van der Waals surface area contributed by atoms with Crippen LogP contribution in [0.15, 0.2) is 10.8 Å². The van der Waals surface area contributed by atoms with Gasteiger partial charge in [0.1, 0.15) is 15.8 Å². The summed E-state index contributed by atoms with van der Waals surface area (Å²) in [6.45, 7) is 12.5. The summed E-state index contributed by atoms with van der Waals surface area (Å²) in [7, 11) is 0. The van der Waals surface area contributed by atoms with Crippen molar-refractivity contribution < 1.29 is 29.0 Å². The lowest BCUT2D eigenvalue weighted by atomic mass is 10.2. The molecule has 3 amide bonds. The van der Waals surface area contributed by atoms with Crippen LogP contribution in [0.2, 0.25) is 0 Å². The lowest BCUT2D eigenvalue weighted by molar-refractivity contribution is 0.0503. The van der Waals surface area contributed by atoms with Crippen LogP contribution < -0.4 is 10.2 Å². The number of nitrogens with zero attached hydrogens (tertiary/aromatic N) is 4. The highest BCUT2D eigenvalue weighted by atomic mass is 127. The Morgan fingerprint density at radius 3 is 2.32 bits per heavy atom. The Balaban J connectivity index is 2.36. The second-order valence-electron chi connectivity index (χ2n) is 9.60. The van der Waals surface area contributed by atoms with Crippen molar-refractivity contribution in [1.82, 2.24) is 20.1 Å². The van der Waals surface area contributed by atoms with Crippen LogP contribution in [0.3, 0.4) is 0 Å². The first-order chi connectivity index (χ1) is 15.5. The van der Waals surface area contributed by atoms with Gasteiger partial charge in [-0.05, 0) is 93.4 Å². The number of anilines is 1. The van der Waals surface area contributed by atoms with Gasteiger partial charge in [0, 0.05) is 18.8 Å². The number of aromatic nitrogens is 3. The molecule has 2 aromatic heterocycles. The van der Waals surface area contributed by atoms with Crippen molar-refractivity contribution in [1.29, 1.82) is 0 Å². The predicted molar refractivity (Wildman–Crippen MR) is 138 cm³/mol. The number of pyridine rings is 1. The van der Waals surface area contributed by atoms with Crippen LogP contribution >= 0.6 is 38.5 Å². The summed E-state index contributed by atoms with van der Waals surface area (Å²) in [5.41, 5.74) is -0.903. The van der Waals surface area contributed by atoms with Gasteiger partial charge in [0.25, 0.3) is 0 Å². The number of carbonyl (C=O) groups is 3. The van der Waals surface area contributed by atoms with Crippen molar-refractivity contribution in [2.45, 2.75) is 78.7 Å². The first kappa shape index (κ1) is 28.1. The summed E-state index contributed by atoms with van der Waals surface area (Å²) in [5, 5.41) is 17.4. The first-order valence-electron chi connectivity index (χ1n) is 10.5. The van der Waals surface area contributed by atoms with Crippen LogP contribution in [0.1, 0.15) is 54.9 Å². The van der Waals surface area contributed by atoms with Crippen LogP contribution in [0.4, 0.5) is 20.2 Å². The smallest absolute Gasteiger partial charge is 0.425 e. The van der Waals surface area contributed by atoms with Crippen LogP contribution in [-0.2, 0) is 16.0 Å². The number of ether oxygens (including phenoxy) is 2. The second kappa shape index (κ2) is 10.6. The zero-order valence-corrected chi connectivity index (χ0v) is 23.8. The van der Waals surface area contributed by atoms with E-state index in [-0.39, 0.29) is 11.9 Å². The normalized spacial score (nSPS) is 12.9. The van der Waals surface area contributed by atoms with Crippen molar-refractivity contribution >= 4 is 73.5 Å². The number of imide groups is 1. The van der Waals surface area contributed by atoms with Gasteiger partial charge >= 0.3 is 18.3 Å². The number of carbonyl (C=O) groups excluding carboxylic acids is 2. The van der Waals surface area contributed by atoms with E-state index in [1.807, 2.05) is 6.92 Å². The van der Waals surface area contributed by atoms with Crippen LogP contribution in [0, 0.1) is 3.57 Å². The number of alkyl carbamates (subject to hydrolysis) is 1. The van der Waals surface area contributed by atoms with Crippen molar-refractivity contribution in [3.8, 4) is 0 Å². The predicted octanol–water partition coefficient (Wildman–Crippen LogP) is 5.52. The SMILES string of the molecule is CC(CCn1nc(Br)c2c(N(C(=O)O)C(=O)OC(C)(C)C)ncc(I)c21)NC(=O)OC(C)(C)C. The lowest BCUT2D eigenvalue weighted by Gasteiger charge is -2.24. The number of hydrogen-bond donors (Lipinski definition) is 2. The molecule has 0 aliphatic rings. The summed E-state index contributed by atoms with van der Waals surface area (Å²) in [6, 6.07) is -0.218. The molecule has 0 saturated heterocycles. The number of rotatable bonds is 5. The number of halogens is 2. The number of aryl methyl sites for hydroxylation is 1. The molecule has 0 aromatic carbocycles. The van der Waals surface area contributed by atoms with Crippen LogP contribution in [-0.4, -0.2) is 55.4 Å². The third-order valence-electron chi connectivity index (χ3n) is 4.18. The largest absolute Gasteiger partial charge is 0.464 e. The third kappa shape index (κ3) is 7.42. The van der Waals surface area contributed by atoms with Gasteiger partial charge in [-0.15, -0.1) is 0 Å². The Morgan fingerprint density at radius 1 is 1.21 bits per heavy atom. The molecule has 2 N–H and O–H groups in total. The van der Waals surface area contributed by atoms with Crippen molar-refractivity contribution in [2.75, 3.05) is 4.90 Å². The zero-order valence-electron chi connectivity index (χ0n) is 20.1. The Bertz CT molecular complexity index is 1090. The van der Waals surface area contributed by atoms with E-state index in [9.17, 15) is 19.5 Å². The van der Waals surface area contributed by atoms with Gasteiger partial charge in [-0.3, -0.25) is 4.68 Å². The van der Waals surface area contributed by atoms with Gasteiger partial charge in [-0.1, -0.05) is 0 Å². The molecule has 0 fully saturated rings. The van der Waals surface area contributed by atoms with Gasteiger partial charge in [0.05, 0.1) is 14.5 Å². The topological polar surface area (TPSA) is 136 Å². The molecule has 1 atom stereocenters. The number of fused-ring (bicyclic) bond motifs is 1. The Labute approximate surface area is 219 Å². The molecule has 188 valence electrons. The molecule has 34 heavy (non-hydrogen) atoms.